The quantitative estimate of drug-likeness (QED) is 0.0527. The number of aromatic nitrogens is 1. The highest BCUT2D eigenvalue weighted by molar-refractivity contribution is 7.92. The molecule has 17 heteroatoms. The van der Waals surface area contributed by atoms with Crippen LogP contribution in [0.15, 0.2) is 75.1 Å². The molecule has 1 fully saturated rings. The fraction of sp³-hybridized carbons (Fsp3) is 0.412. The Hall–Kier alpha value is -4.87. The van der Waals surface area contributed by atoms with Crippen LogP contribution >= 0.6 is 11.3 Å². The number of nitrogens with one attached hydrogen (secondary N) is 3. The number of aliphatic imine (C=N–C) groups is 1. The van der Waals surface area contributed by atoms with Crippen LogP contribution in [0.5, 0.6) is 0 Å². The SMILES string of the molecule is COC(=O)[C@H](CCCN=C(C)N)NC(=O)c1sccc1NS(=O)(=O)c1cccc(NCC2C=N[N+](CCN3CCN(c4ccccn4)CC3)=C2)c1. The molecule has 0 saturated carbocycles. The second-order valence-corrected chi connectivity index (χ2v) is 14.7. The molecule has 15 nitrogen and oxygen atoms in total. The van der Waals surface area contributed by atoms with E-state index >= 15 is 0 Å². The molecule has 272 valence electrons. The lowest BCUT2D eigenvalue weighted by Gasteiger charge is -2.34. The number of rotatable bonds is 17. The van der Waals surface area contributed by atoms with Gasteiger partial charge < -0.3 is 26.0 Å². The van der Waals surface area contributed by atoms with E-state index in [1.54, 1.807) is 30.5 Å². The summed E-state index contributed by atoms with van der Waals surface area (Å²) in [4.78, 5) is 38.9. The van der Waals surface area contributed by atoms with E-state index in [4.69, 9.17) is 10.5 Å². The van der Waals surface area contributed by atoms with E-state index in [0.717, 1.165) is 56.4 Å². The van der Waals surface area contributed by atoms with Gasteiger partial charge in [0.1, 0.15) is 16.7 Å². The average molecular weight is 738 g/mol. The van der Waals surface area contributed by atoms with E-state index in [9.17, 15) is 18.0 Å². The number of nitrogens with two attached hydrogens (primary N) is 1. The van der Waals surface area contributed by atoms with Gasteiger partial charge in [-0.3, -0.25) is 19.4 Å². The van der Waals surface area contributed by atoms with Gasteiger partial charge in [-0.05, 0) is 66.6 Å². The number of piperazine rings is 1. The Morgan fingerprint density at radius 3 is 2.73 bits per heavy atom. The number of esters is 1. The number of methoxy groups -OCH3 is 1. The molecule has 51 heavy (non-hydrogen) atoms. The normalized spacial score (nSPS) is 17.1. The fourth-order valence-electron chi connectivity index (χ4n) is 5.64. The Kier molecular flexibility index (Phi) is 13.1. The molecule has 1 amide bonds. The van der Waals surface area contributed by atoms with Gasteiger partial charge >= 0.3 is 5.97 Å². The first kappa shape index (κ1) is 37.4. The zero-order chi connectivity index (χ0) is 36.2. The number of hydrogen-bond donors (Lipinski definition) is 4. The highest BCUT2D eigenvalue weighted by Gasteiger charge is 2.26. The van der Waals surface area contributed by atoms with E-state index in [1.165, 1.54) is 19.2 Å². The third-order valence-electron chi connectivity index (χ3n) is 8.37. The Morgan fingerprint density at radius 2 is 1.98 bits per heavy atom. The van der Waals surface area contributed by atoms with Crippen LogP contribution in [-0.4, -0.2) is 119 Å². The first-order chi connectivity index (χ1) is 24.6. The number of carbonyl (C=O) groups excluding carboxylic acids is 2. The van der Waals surface area contributed by atoms with Gasteiger partial charge in [-0.15, -0.1) is 11.3 Å². The van der Waals surface area contributed by atoms with Crippen molar-refractivity contribution >= 4 is 68.7 Å². The van der Waals surface area contributed by atoms with Crippen LogP contribution < -0.4 is 26.0 Å². The smallest absolute Gasteiger partial charge is 0.328 e. The van der Waals surface area contributed by atoms with Crippen LogP contribution in [-0.2, 0) is 19.6 Å². The maximum Gasteiger partial charge on any atom is 0.328 e. The molecule has 5 rings (SSSR count). The fourth-order valence-corrected chi connectivity index (χ4v) is 7.57. The van der Waals surface area contributed by atoms with Crippen LogP contribution in [0.4, 0.5) is 17.2 Å². The van der Waals surface area contributed by atoms with Gasteiger partial charge in [-0.1, -0.05) is 16.8 Å². The predicted molar refractivity (Wildman–Crippen MR) is 201 cm³/mol. The monoisotopic (exact) mass is 737 g/mol. The van der Waals surface area contributed by atoms with Crippen molar-refractivity contribution < 1.29 is 27.4 Å². The minimum absolute atomic E-state index is 0.0297. The van der Waals surface area contributed by atoms with Crippen LogP contribution in [0.3, 0.4) is 0 Å². The summed E-state index contributed by atoms with van der Waals surface area (Å²) in [5.74, 6) is 0.277. The van der Waals surface area contributed by atoms with Crippen LogP contribution in [0.1, 0.15) is 29.4 Å². The Labute approximate surface area is 302 Å². The number of benzene rings is 1. The van der Waals surface area contributed by atoms with Gasteiger partial charge in [0.05, 0.1) is 42.2 Å². The van der Waals surface area contributed by atoms with Gasteiger partial charge in [0.2, 0.25) is 0 Å². The molecule has 1 saturated heterocycles. The van der Waals surface area contributed by atoms with Crippen molar-refractivity contribution in [1.82, 2.24) is 15.2 Å². The molecule has 4 heterocycles. The van der Waals surface area contributed by atoms with E-state index in [-0.39, 0.29) is 27.8 Å². The summed E-state index contributed by atoms with van der Waals surface area (Å²) in [6, 6.07) is 13.0. The van der Waals surface area contributed by atoms with Crippen molar-refractivity contribution in [2.75, 3.05) is 74.4 Å². The second kappa shape index (κ2) is 17.9. The van der Waals surface area contributed by atoms with E-state index in [1.807, 2.05) is 35.3 Å². The molecular formula is C34H45N10O5S2+. The minimum Gasteiger partial charge on any atom is -0.467 e. The van der Waals surface area contributed by atoms with Crippen molar-refractivity contribution in [3.8, 4) is 0 Å². The Balaban J connectivity index is 1.11. The van der Waals surface area contributed by atoms with Crippen molar-refractivity contribution in [3.05, 3.63) is 65.0 Å². The Morgan fingerprint density at radius 1 is 1.16 bits per heavy atom. The number of carbonyl (C=O) groups is 2. The summed E-state index contributed by atoms with van der Waals surface area (Å²) >= 11 is 1.05. The third kappa shape index (κ3) is 10.8. The van der Waals surface area contributed by atoms with Crippen LogP contribution in [0, 0.1) is 5.92 Å². The third-order valence-corrected chi connectivity index (χ3v) is 10.6. The lowest BCUT2D eigenvalue weighted by atomic mass is 10.1. The zero-order valence-electron chi connectivity index (χ0n) is 28.8. The lowest BCUT2D eigenvalue weighted by Crippen LogP contribution is -2.48. The number of hydrogen-bond acceptors (Lipinski definition) is 12. The van der Waals surface area contributed by atoms with Gasteiger partial charge in [0.25, 0.3) is 15.9 Å². The number of amides is 1. The second-order valence-electron chi connectivity index (χ2n) is 12.1. The van der Waals surface area contributed by atoms with Gasteiger partial charge in [-0.25, -0.2) is 18.2 Å². The number of ether oxygens (including phenoxy) is 1. The highest BCUT2D eigenvalue weighted by atomic mass is 32.2. The number of thiophene rings is 1. The number of anilines is 3. The number of sulfonamides is 1. The lowest BCUT2D eigenvalue weighted by molar-refractivity contribution is -0.526. The number of amidine groups is 1. The molecule has 0 spiro atoms. The number of nitrogens with zero attached hydrogens (tertiary/aromatic N) is 6. The number of hydrazone groups is 1. The van der Waals surface area contributed by atoms with Gasteiger partial charge in [0.15, 0.2) is 12.8 Å². The van der Waals surface area contributed by atoms with Crippen molar-refractivity contribution in [3.63, 3.8) is 0 Å². The van der Waals surface area contributed by atoms with Gasteiger partial charge in [0, 0.05) is 51.2 Å². The molecule has 0 bridgehead atoms. The van der Waals surface area contributed by atoms with E-state index < -0.39 is 27.9 Å². The topological polar surface area (TPSA) is 187 Å². The molecule has 0 radical (unpaired) electrons. The maximum absolute atomic E-state index is 13.4. The summed E-state index contributed by atoms with van der Waals surface area (Å²) in [7, 11) is -2.82. The summed E-state index contributed by atoms with van der Waals surface area (Å²) in [6.07, 6.45) is 6.54. The molecule has 1 unspecified atom stereocenters. The molecule has 3 aromatic rings. The molecule has 2 atom stereocenters. The summed E-state index contributed by atoms with van der Waals surface area (Å²) < 4.78 is 36.2. The Bertz CT molecular complexity index is 1840. The average Bonchev–Trinajstić information content (AvgIpc) is 3.80. The molecule has 2 aromatic heterocycles. The largest absolute Gasteiger partial charge is 0.467 e. The number of pyridine rings is 1. The van der Waals surface area contributed by atoms with Crippen molar-refractivity contribution in [2.24, 2.45) is 21.7 Å². The molecule has 0 aliphatic carbocycles. The van der Waals surface area contributed by atoms with E-state index in [2.05, 4.69) is 46.4 Å². The zero-order valence-corrected chi connectivity index (χ0v) is 30.4. The summed E-state index contributed by atoms with van der Waals surface area (Å²) in [6.45, 7) is 8.09. The molecule has 2 aliphatic heterocycles. The minimum atomic E-state index is -4.06. The van der Waals surface area contributed by atoms with Crippen molar-refractivity contribution in [1.29, 1.82) is 0 Å². The van der Waals surface area contributed by atoms with Crippen molar-refractivity contribution in [2.45, 2.75) is 30.7 Å². The van der Waals surface area contributed by atoms with Gasteiger partial charge in [-0.2, -0.15) is 0 Å². The van der Waals surface area contributed by atoms with Crippen LogP contribution in [0.25, 0.3) is 0 Å². The summed E-state index contributed by atoms with van der Waals surface area (Å²) in [5, 5.41) is 12.1. The first-order valence-corrected chi connectivity index (χ1v) is 19.1. The highest BCUT2D eigenvalue weighted by Crippen LogP contribution is 2.26. The maximum atomic E-state index is 13.4. The molecular weight excluding hydrogens is 693 g/mol. The summed E-state index contributed by atoms with van der Waals surface area (Å²) in [5.41, 5.74) is 6.30. The van der Waals surface area contributed by atoms with Crippen LogP contribution in [0.2, 0.25) is 0 Å². The molecule has 2 aliphatic rings. The first-order valence-electron chi connectivity index (χ1n) is 16.7. The van der Waals surface area contributed by atoms with E-state index in [0.29, 0.717) is 31.0 Å². The molecule has 1 aromatic carbocycles. The predicted octanol–water partition coefficient (Wildman–Crippen LogP) is 2.31. The standard InChI is InChI=1S/C34H44N10O5S2/c1-25(35)36-13-6-9-30(34(46)49-2)40-33(45)32-29(11-20-50-32)41-51(47,48)28-8-5-7-27(21-28)38-22-26-23-39-44(24-26)19-16-42-14-17-43(18-15-42)31-10-3-4-12-37-31/h3-5,7-8,10-12,20-21,23-24,26,30,38H,6,9,13-19,22H2,1-2H3,(H3-,35,36,40,41,45)/p+1/t26?,30-/m0/s1. The molecule has 5 N–H and O–H groups in total.